The van der Waals surface area contributed by atoms with Gasteiger partial charge < -0.3 is 9.84 Å². The van der Waals surface area contributed by atoms with Crippen LogP contribution in [0, 0.1) is 13.8 Å². The Kier molecular flexibility index (Phi) is 3.76. The van der Waals surface area contributed by atoms with Gasteiger partial charge in [0.05, 0.1) is 6.61 Å². The van der Waals surface area contributed by atoms with Gasteiger partial charge in [0.25, 0.3) is 0 Å². The summed E-state index contributed by atoms with van der Waals surface area (Å²) in [4.78, 5) is 4.33. The molecule has 3 nitrogen and oxygen atoms in total. The topological polar surface area (TPSA) is 42.4 Å². The third-order valence-corrected chi connectivity index (χ3v) is 3.34. The summed E-state index contributed by atoms with van der Waals surface area (Å²) in [6, 6.07) is 5.80. The maximum Gasteiger partial charge on any atom is 0.140 e. The van der Waals surface area contributed by atoms with Crippen molar-refractivity contribution in [1.82, 2.24) is 4.98 Å². The average molecular weight is 249 g/mol. The zero-order valence-corrected chi connectivity index (χ0v) is 10.8. The summed E-state index contributed by atoms with van der Waals surface area (Å²) in [7, 11) is 0. The minimum Gasteiger partial charge on any atom is -0.486 e. The highest BCUT2D eigenvalue weighted by molar-refractivity contribution is 7.09. The van der Waals surface area contributed by atoms with E-state index in [0.29, 0.717) is 6.61 Å². The number of hydrogen-bond donors (Lipinski definition) is 1. The molecule has 0 saturated heterocycles. The number of rotatable bonds is 4. The zero-order valence-electron chi connectivity index (χ0n) is 9.93. The second-order valence-corrected chi connectivity index (χ2v) is 4.88. The van der Waals surface area contributed by atoms with Crippen LogP contribution in [0.2, 0.25) is 0 Å². The molecule has 0 aliphatic rings. The van der Waals surface area contributed by atoms with Crippen molar-refractivity contribution in [3.63, 3.8) is 0 Å². The molecule has 0 bridgehead atoms. The second-order valence-electron chi connectivity index (χ2n) is 3.94. The number of aryl methyl sites for hydroxylation is 2. The van der Waals surface area contributed by atoms with E-state index in [1.54, 1.807) is 11.3 Å². The first-order chi connectivity index (χ1) is 8.19. The number of aliphatic hydroxyl groups excluding tert-OH is 1. The Balaban J connectivity index is 2.08. The molecular formula is C13H15NO2S. The molecule has 0 aliphatic carbocycles. The summed E-state index contributed by atoms with van der Waals surface area (Å²) < 4.78 is 5.67. The number of nitrogens with zero attached hydrogens (tertiary/aromatic N) is 1. The van der Waals surface area contributed by atoms with Gasteiger partial charge in [0.15, 0.2) is 0 Å². The molecule has 0 aliphatic heterocycles. The molecule has 0 amide bonds. The number of benzene rings is 1. The predicted molar refractivity (Wildman–Crippen MR) is 68.3 cm³/mol. The first kappa shape index (κ1) is 12.1. The second kappa shape index (κ2) is 5.29. The molecule has 2 aromatic rings. The smallest absolute Gasteiger partial charge is 0.140 e. The molecular weight excluding hydrogens is 234 g/mol. The summed E-state index contributed by atoms with van der Waals surface area (Å²) in [6.45, 7) is 4.40. The van der Waals surface area contributed by atoms with Crippen molar-refractivity contribution in [3.05, 3.63) is 45.4 Å². The Labute approximate surface area is 105 Å². The Morgan fingerprint density at radius 1 is 1.35 bits per heavy atom. The predicted octanol–water partition coefficient (Wildman–Crippen LogP) is 2.83. The number of thiazole rings is 1. The van der Waals surface area contributed by atoms with E-state index in [0.717, 1.165) is 27.6 Å². The number of aromatic nitrogens is 1. The van der Waals surface area contributed by atoms with Gasteiger partial charge in [0, 0.05) is 16.6 Å². The molecule has 0 saturated carbocycles. The fraction of sp³-hybridized carbons (Fsp3) is 0.308. The molecule has 2 rings (SSSR count). The largest absolute Gasteiger partial charge is 0.486 e. The highest BCUT2D eigenvalue weighted by atomic mass is 32.1. The van der Waals surface area contributed by atoms with E-state index in [-0.39, 0.29) is 6.61 Å². The lowest BCUT2D eigenvalue weighted by molar-refractivity contribution is 0.258. The van der Waals surface area contributed by atoms with E-state index in [1.807, 2.05) is 37.4 Å². The molecule has 1 heterocycles. The van der Waals surface area contributed by atoms with Gasteiger partial charge in [0.2, 0.25) is 0 Å². The molecule has 4 heteroatoms. The Bertz CT molecular complexity index is 508. The van der Waals surface area contributed by atoms with Crippen molar-refractivity contribution in [2.45, 2.75) is 27.1 Å². The molecule has 0 spiro atoms. The highest BCUT2D eigenvalue weighted by Gasteiger charge is 2.05. The van der Waals surface area contributed by atoms with Gasteiger partial charge >= 0.3 is 0 Å². The van der Waals surface area contributed by atoms with E-state index in [1.165, 1.54) is 0 Å². The van der Waals surface area contributed by atoms with Crippen LogP contribution >= 0.6 is 11.3 Å². The van der Waals surface area contributed by atoms with Crippen molar-refractivity contribution in [2.75, 3.05) is 0 Å². The van der Waals surface area contributed by atoms with Gasteiger partial charge in [-0.1, -0.05) is 17.7 Å². The molecule has 0 unspecified atom stereocenters. The summed E-state index contributed by atoms with van der Waals surface area (Å²) >= 11 is 1.59. The first-order valence-electron chi connectivity index (χ1n) is 5.43. The average Bonchev–Trinajstić information content (AvgIpc) is 2.73. The van der Waals surface area contributed by atoms with Crippen LogP contribution in [0.4, 0.5) is 0 Å². The third kappa shape index (κ3) is 3.05. The summed E-state index contributed by atoms with van der Waals surface area (Å²) in [5.41, 5.74) is 2.95. The van der Waals surface area contributed by atoms with Crippen LogP contribution < -0.4 is 4.74 Å². The van der Waals surface area contributed by atoms with Crippen molar-refractivity contribution in [1.29, 1.82) is 0 Å². The van der Waals surface area contributed by atoms with Gasteiger partial charge in [-0.05, 0) is 19.9 Å². The summed E-state index contributed by atoms with van der Waals surface area (Å²) in [5.74, 6) is 0.728. The van der Waals surface area contributed by atoms with Crippen LogP contribution in [0.15, 0.2) is 23.6 Å². The van der Waals surface area contributed by atoms with E-state index >= 15 is 0 Å². The summed E-state index contributed by atoms with van der Waals surface area (Å²) in [6.07, 6.45) is 0. The van der Waals surface area contributed by atoms with Gasteiger partial charge in [-0.3, -0.25) is 0 Å². The Morgan fingerprint density at radius 2 is 2.18 bits per heavy atom. The molecule has 1 N–H and O–H groups in total. The van der Waals surface area contributed by atoms with Gasteiger partial charge in [-0.15, -0.1) is 11.3 Å². The van der Waals surface area contributed by atoms with Crippen LogP contribution in [0.5, 0.6) is 5.75 Å². The highest BCUT2D eigenvalue weighted by Crippen LogP contribution is 2.21. The van der Waals surface area contributed by atoms with Crippen LogP contribution in [-0.2, 0) is 13.2 Å². The minimum atomic E-state index is -0.00604. The summed E-state index contributed by atoms with van der Waals surface area (Å²) in [5, 5.41) is 12.2. The molecule has 0 fully saturated rings. The van der Waals surface area contributed by atoms with Gasteiger partial charge in [-0.25, -0.2) is 4.98 Å². The Hall–Kier alpha value is -1.39. The fourth-order valence-electron chi connectivity index (χ4n) is 1.58. The van der Waals surface area contributed by atoms with Crippen LogP contribution in [-0.4, -0.2) is 10.1 Å². The molecule has 1 aromatic heterocycles. The van der Waals surface area contributed by atoms with Crippen LogP contribution in [0.1, 0.15) is 21.8 Å². The maximum atomic E-state index is 9.25. The number of ether oxygens (including phenoxy) is 1. The van der Waals surface area contributed by atoms with Crippen molar-refractivity contribution in [3.8, 4) is 5.75 Å². The first-order valence-corrected chi connectivity index (χ1v) is 6.31. The molecule has 17 heavy (non-hydrogen) atoms. The van der Waals surface area contributed by atoms with Crippen molar-refractivity contribution >= 4 is 11.3 Å². The lowest BCUT2D eigenvalue weighted by atomic mass is 10.1. The monoisotopic (exact) mass is 249 g/mol. The molecule has 1 aromatic carbocycles. The Morgan fingerprint density at radius 3 is 2.82 bits per heavy atom. The van der Waals surface area contributed by atoms with Crippen molar-refractivity contribution in [2.24, 2.45) is 0 Å². The van der Waals surface area contributed by atoms with E-state index < -0.39 is 0 Å². The van der Waals surface area contributed by atoms with Crippen LogP contribution in [0.25, 0.3) is 0 Å². The van der Waals surface area contributed by atoms with Crippen molar-refractivity contribution < 1.29 is 9.84 Å². The van der Waals surface area contributed by atoms with E-state index in [9.17, 15) is 5.11 Å². The number of aliphatic hydroxyl groups is 1. The van der Waals surface area contributed by atoms with Gasteiger partial charge in [-0.2, -0.15) is 0 Å². The van der Waals surface area contributed by atoms with E-state index in [4.69, 9.17) is 4.74 Å². The molecule has 90 valence electrons. The third-order valence-electron chi connectivity index (χ3n) is 2.40. The normalized spacial score (nSPS) is 10.5. The van der Waals surface area contributed by atoms with E-state index in [2.05, 4.69) is 4.98 Å². The lowest BCUT2D eigenvalue weighted by Crippen LogP contribution is -1.99. The van der Waals surface area contributed by atoms with Gasteiger partial charge in [0.1, 0.15) is 17.4 Å². The fourth-order valence-corrected chi connectivity index (χ4v) is 2.26. The zero-order chi connectivity index (χ0) is 12.3. The SMILES string of the molecule is Cc1ccc(OCc2nc(C)cs2)c(CO)c1. The number of hydrogen-bond acceptors (Lipinski definition) is 4. The molecule has 0 radical (unpaired) electrons. The maximum absolute atomic E-state index is 9.25. The van der Waals surface area contributed by atoms with Crippen LogP contribution in [0.3, 0.4) is 0 Å². The quantitative estimate of drug-likeness (QED) is 0.906. The minimum absolute atomic E-state index is 0.00604. The lowest BCUT2D eigenvalue weighted by Gasteiger charge is -2.09. The standard InChI is InChI=1S/C13H15NO2S/c1-9-3-4-12(11(5-9)6-15)16-7-13-14-10(2)8-17-13/h3-5,8,15H,6-7H2,1-2H3. The molecule has 0 atom stereocenters.